The van der Waals surface area contributed by atoms with Gasteiger partial charge < -0.3 is 19.7 Å². The van der Waals surface area contributed by atoms with Crippen LogP contribution in [0.4, 0.5) is 0 Å². The summed E-state index contributed by atoms with van der Waals surface area (Å²) in [5.41, 5.74) is 0.426. The van der Waals surface area contributed by atoms with Crippen LogP contribution in [-0.2, 0) is 14.3 Å². The van der Waals surface area contributed by atoms with Gasteiger partial charge in [0.05, 0.1) is 24.7 Å². The number of rotatable bonds is 6. The molecule has 2 N–H and O–H groups in total. The molecule has 0 bridgehead atoms. The van der Waals surface area contributed by atoms with Gasteiger partial charge in [-0.25, -0.2) is 4.79 Å². The summed E-state index contributed by atoms with van der Waals surface area (Å²) in [7, 11) is 1.50. The fourth-order valence-corrected chi connectivity index (χ4v) is 2.98. The number of esters is 1. The standard InChI is InChI=1S/C16H20O6/c1-21-9-12-11(7-15(18)19)13(17)8-14(12)22-16(20)10-5-3-2-4-6-10/h2-6,11-14,17H,7-9H2,1H3,(H,18,19)/t11-,12-,13+,14-/m1/s1. The number of aliphatic hydroxyl groups excluding tert-OH is 1. The lowest BCUT2D eigenvalue weighted by Crippen LogP contribution is -2.30. The predicted octanol–water partition coefficient (Wildman–Crippen LogP) is 1.33. The second kappa shape index (κ2) is 7.38. The lowest BCUT2D eigenvalue weighted by atomic mass is 9.91. The number of methoxy groups -OCH3 is 1. The largest absolute Gasteiger partial charge is 0.481 e. The maximum atomic E-state index is 12.1. The molecule has 22 heavy (non-hydrogen) atoms. The first-order chi connectivity index (χ1) is 10.5. The molecule has 120 valence electrons. The topological polar surface area (TPSA) is 93.1 Å². The van der Waals surface area contributed by atoms with Crippen LogP contribution in [0.15, 0.2) is 30.3 Å². The van der Waals surface area contributed by atoms with Crippen molar-refractivity contribution >= 4 is 11.9 Å². The van der Waals surface area contributed by atoms with Crippen LogP contribution in [-0.4, -0.2) is 48.1 Å². The molecule has 0 aliphatic heterocycles. The van der Waals surface area contributed by atoms with Gasteiger partial charge in [0.1, 0.15) is 6.10 Å². The molecule has 0 amide bonds. The molecule has 1 aliphatic rings. The van der Waals surface area contributed by atoms with Crippen molar-refractivity contribution in [1.29, 1.82) is 0 Å². The van der Waals surface area contributed by atoms with Crippen LogP contribution in [0.1, 0.15) is 23.2 Å². The Bertz CT molecular complexity index is 515. The van der Waals surface area contributed by atoms with Gasteiger partial charge in [-0.1, -0.05) is 18.2 Å². The maximum Gasteiger partial charge on any atom is 0.338 e. The number of carbonyl (C=O) groups is 2. The summed E-state index contributed by atoms with van der Waals surface area (Å²) >= 11 is 0. The van der Waals surface area contributed by atoms with Gasteiger partial charge in [0.25, 0.3) is 0 Å². The molecule has 1 aliphatic carbocycles. The van der Waals surface area contributed by atoms with Crippen molar-refractivity contribution in [2.45, 2.75) is 25.0 Å². The highest BCUT2D eigenvalue weighted by Crippen LogP contribution is 2.37. The fraction of sp³-hybridized carbons (Fsp3) is 0.500. The van der Waals surface area contributed by atoms with Crippen LogP contribution in [0.5, 0.6) is 0 Å². The van der Waals surface area contributed by atoms with Gasteiger partial charge in [0.2, 0.25) is 0 Å². The highest BCUT2D eigenvalue weighted by Gasteiger charge is 2.45. The lowest BCUT2D eigenvalue weighted by molar-refractivity contribution is -0.139. The number of hydrogen-bond donors (Lipinski definition) is 2. The molecule has 0 aromatic heterocycles. The molecular formula is C16H20O6. The molecular weight excluding hydrogens is 288 g/mol. The molecule has 6 nitrogen and oxygen atoms in total. The number of carboxylic acid groups (broad SMARTS) is 1. The zero-order valence-corrected chi connectivity index (χ0v) is 12.3. The predicted molar refractivity (Wildman–Crippen MR) is 77.4 cm³/mol. The Hall–Kier alpha value is -1.92. The van der Waals surface area contributed by atoms with E-state index in [0.717, 1.165) is 0 Å². The number of carbonyl (C=O) groups excluding carboxylic acids is 1. The van der Waals surface area contributed by atoms with Gasteiger partial charge in [-0.15, -0.1) is 0 Å². The molecule has 6 heteroatoms. The molecule has 0 spiro atoms. The van der Waals surface area contributed by atoms with Crippen molar-refractivity contribution in [1.82, 2.24) is 0 Å². The van der Waals surface area contributed by atoms with E-state index in [1.54, 1.807) is 30.3 Å². The second-order valence-electron chi connectivity index (χ2n) is 5.49. The molecule has 1 saturated carbocycles. The van der Waals surface area contributed by atoms with Crippen LogP contribution in [0.3, 0.4) is 0 Å². The monoisotopic (exact) mass is 308 g/mol. The van der Waals surface area contributed by atoms with Gasteiger partial charge >= 0.3 is 11.9 Å². The Balaban J connectivity index is 2.08. The normalized spacial score (nSPS) is 27.5. The summed E-state index contributed by atoms with van der Waals surface area (Å²) in [6, 6.07) is 8.56. The van der Waals surface area contributed by atoms with Crippen molar-refractivity contribution in [3.05, 3.63) is 35.9 Å². The fourth-order valence-electron chi connectivity index (χ4n) is 2.98. The summed E-state index contributed by atoms with van der Waals surface area (Å²) < 4.78 is 10.6. The van der Waals surface area contributed by atoms with Crippen LogP contribution in [0.25, 0.3) is 0 Å². The Morgan fingerprint density at radius 3 is 2.50 bits per heavy atom. The van der Waals surface area contributed by atoms with Crippen LogP contribution >= 0.6 is 0 Å². The molecule has 2 rings (SSSR count). The second-order valence-corrected chi connectivity index (χ2v) is 5.49. The average molecular weight is 308 g/mol. The van der Waals surface area contributed by atoms with Gasteiger partial charge in [-0.3, -0.25) is 4.79 Å². The van der Waals surface area contributed by atoms with Gasteiger partial charge in [0.15, 0.2) is 0 Å². The third-order valence-electron chi connectivity index (χ3n) is 4.03. The van der Waals surface area contributed by atoms with Crippen LogP contribution < -0.4 is 0 Å². The number of aliphatic hydroxyl groups is 1. The third kappa shape index (κ3) is 3.84. The Kier molecular flexibility index (Phi) is 5.51. The minimum Gasteiger partial charge on any atom is -0.481 e. The average Bonchev–Trinajstić information content (AvgIpc) is 2.76. The smallest absolute Gasteiger partial charge is 0.338 e. The number of ether oxygens (including phenoxy) is 2. The first kappa shape index (κ1) is 16.5. The first-order valence-electron chi connectivity index (χ1n) is 7.17. The van der Waals surface area contributed by atoms with Crippen molar-refractivity contribution in [2.24, 2.45) is 11.8 Å². The molecule has 0 heterocycles. The van der Waals surface area contributed by atoms with Gasteiger partial charge in [-0.2, -0.15) is 0 Å². The van der Waals surface area contributed by atoms with E-state index in [-0.39, 0.29) is 25.4 Å². The summed E-state index contributed by atoms with van der Waals surface area (Å²) in [5.74, 6) is -2.27. The van der Waals surface area contributed by atoms with Crippen molar-refractivity contribution in [3.8, 4) is 0 Å². The Morgan fingerprint density at radius 2 is 1.91 bits per heavy atom. The van der Waals surface area contributed by atoms with E-state index in [2.05, 4.69) is 0 Å². The summed E-state index contributed by atoms with van der Waals surface area (Å²) in [6.07, 6.45) is -1.31. The summed E-state index contributed by atoms with van der Waals surface area (Å²) in [6.45, 7) is 0.238. The molecule has 1 aromatic rings. The van der Waals surface area contributed by atoms with Crippen molar-refractivity contribution in [2.75, 3.05) is 13.7 Å². The van der Waals surface area contributed by atoms with Gasteiger partial charge in [0, 0.05) is 25.4 Å². The van der Waals surface area contributed by atoms with E-state index in [4.69, 9.17) is 14.6 Å². The number of benzene rings is 1. The number of carboxylic acids is 1. The molecule has 0 saturated heterocycles. The Labute approximate surface area is 128 Å². The van der Waals surface area contributed by atoms with Crippen molar-refractivity contribution in [3.63, 3.8) is 0 Å². The molecule has 0 unspecified atom stereocenters. The maximum absolute atomic E-state index is 12.1. The highest BCUT2D eigenvalue weighted by molar-refractivity contribution is 5.89. The molecule has 4 atom stereocenters. The Morgan fingerprint density at radius 1 is 1.23 bits per heavy atom. The third-order valence-corrected chi connectivity index (χ3v) is 4.03. The minimum atomic E-state index is -0.986. The first-order valence-corrected chi connectivity index (χ1v) is 7.17. The SMILES string of the molecule is COC[C@@H]1[C@@H](CC(=O)O)[C@@H](O)C[C@H]1OC(=O)c1ccccc1. The highest BCUT2D eigenvalue weighted by atomic mass is 16.5. The van der Waals surface area contributed by atoms with Gasteiger partial charge in [-0.05, 0) is 12.1 Å². The zero-order valence-electron chi connectivity index (χ0n) is 12.3. The van der Waals surface area contributed by atoms with Crippen LogP contribution in [0, 0.1) is 11.8 Å². The molecule has 1 aromatic carbocycles. The van der Waals surface area contributed by atoms with Crippen molar-refractivity contribution < 1.29 is 29.3 Å². The van der Waals surface area contributed by atoms with E-state index >= 15 is 0 Å². The van der Waals surface area contributed by atoms with E-state index in [0.29, 0.717) is 5.56 Å². The van der Waals surface area contributed by atoms with E-state index in [1.165, 1.54) is 7.11 Å². The van der Waals surface area contributed by atoms with E-state index < -0.39 is 30.1 Å². The minimum absolute atomic E-state index is 0.172. The zero-order chi connectivity index (χ0) is 16.1. The molecule has 0 radical (unpaired) electrons. The summed E-state index contributed by atoms with van der Waals surface area (Å²) in [4.78, 5) is 23.1. The van der Waals surface area contributed by atoms with E-state index in [1.807, 2.05) is 0 Å². The molecule has 1 fully saturated rings. The number of aliphatic carboxylic acids is 1. The summed E-state index contributed by atoms with van der Waals surface area (Å²) in [5, 5.41) is 19.0. The number of hydrogen-bond acceptors (Lipinski definition) is 5. The van der Waals surface area contributed by atoms with E-state index in [9.17, 15) is 14.7 Å². The lowest BCUT2D eigenvalue weighted by Gasteiger charge is -2.23. The quantitative estimate of drug-likeness (QED) is 0.770. The van der Waals surface area contributed by atoms with Crippen LogP contribution in [0.2, 0.25) is 0 Å².